The van der Waals surface area contributed by atoms with Crippen molar-refractivity contribution < 1.29 is 4.39 Å². The molecule has 3 heteroatoms. The number of allylic oxidation sites excluding steroid dienone is 1. The summed E-state index contributed by atoms with van der Waals surface area (Å²) in [6, 6.07) is 4.91. The lowest BCUT2D eigenvalue weighted by molar-refractivity contribution is 0.562. The first-order chi connectivity index (χ1) is 6.66. The minimum Gasteiger partial charge on any atom is -0.324 e. The smallest absolute Gasteiger partial charge is 0.142 e. The Kier molecular flexibility index (Phi) is 4.29. The summed E-state index contributed by atoms with van der Waals surface area (Å²) in [5.74, 6) is -0.260. The molecule has 0 saturated carbocycles. The molecule has 0 fully saturated rings. The average Bonchev–Trinajstić information content (AvgIpc) is 2.18. The molecule has 0 amide bonds. The maximum Gasteiger partial charge on any atom is 0.142 e. The fraction of sp³-hybridized carbons (Fsp3) is 0.273. The molecule has 14 heavy (non-hydrogen) atoms. The van der Waals surface area contributed by atoms with E-state index in [2.05, 4.69) is 22.5 Å². The van der Waals surface area contributed by atoms with E-state index < -0.39 is 0 Å². The Hall–Kier alpha value is -0.670. The molecule has 1 rings (SSSR count). The fourth-order valence-electron chi connectivity index (χ4n) is 1.26. The number of hydrogen-bond acceptors (Lipinski definition) is 1. The summed E-state index contributed by atoms with van der Waals surface area (Å²) in [6.45, 7) is 3.61. The summed E-state index contributed by atoms with van der Waals surface area (Å²) in [5.41, 5.74) is 6.40. The van der Waals surface area contributed by atoms with Crippen LogP contribution in [0.25, 0.3) is 0 Å². The van der Waals surface area contributed by atoms with Crippen molar-refractivity contribution in [1.82, 2.24) is 0 Å². The first kappa shape index (κ1) is 11.4. The maximum atomic E-state index is 13.5. The van der Waals surface area contributed by atoms with Gasteiger partial charge in [-0.25, -0.2) is 4.39 Å². The zero-order valence-electron chi connectivity index (χ0n) is 7.84. The van der Waals surface area contributed by atoms with Gasteiger partial charge in [-0.1, -0.05) is 18.2 Å². The van der Waals surface area contributed by atoms with E-state index in [1.807, 2.05) is 0 Å². The molecule has 0 spiro atoms. The molecule has 0 heterocycles. The van der Waals surface area contributed by atoms with E-state index in [-0.39, 0.29) is 11.9 Å². The first-order valence-corrected chi connectivity index (χ1v) is 5.26. The second kappa shape index (κ2) is 5.27. The van der Waals surface area contributed by atoms with Crippen molar-refractivity contribution in [2.24, 2.45) is 5.73 Å². The molecule has 1 aromatic carbocycles. The Bertz CT molecular complexity index is 325. The highest BCUT2D eigenvalue weighted by Crippen LogP contribution is 2.24. The summed E-state index contributed by atoms with van der Waals surface area (Å²) in [5, 5.41) is 0. The fourth-order valence-corrected chi connectivity index (χ4v) is 1.64. The van der Waals surface area contributed by atoms with Gasteiger partial charge in [0.25, 0.3) is 0 Å². The number of rotatable bonds is 4. The predicted molar refractivity (Wildman–Crippen MR) is 60.5 cm³/mol. The molecule has 76 valence electrons. The van der Waals surface area contributed by atoms with Gasteiger partial charge >= 0.3 is 0 Å². The van der Waals surface area contributed by atoms with Crippen LogP contribution in [-0.4, -0.2) is 0 Å². The van der Waals surface area contributed by atoms with Gasteiger partial charge in [-0.05, 0) is 34.8 Å². The second-order valence-electron chi connectivity index (χ2n) is 3.12. The second-order valence-corrected chi connectivity index (χ2v) is 3.97. The van der Waals surface area contributed by atoms with Crippen molar-refractivity contribution in [3.63, 3.8) is 0 Å². The summed E-state index contributed by atoms with van der Waals surface area (Å²) in [7, 11) is 0. The van der Waals surface area contributed by atoms with E-state index in [1.54, 1.807) is 24.3 Å². The first-order valence-electron chi connectivity index (χ1n) is 4.47. The molecular formula is C11H13BrFN. The third kappa shape index (κ3) is 2.66. The number of hydrogen-bond donors (Lipinski definition) is 1. The average molecular weight is 258 g/mol. The quantitative estimate of drug-likeness (QED) is 0.821. The molecule has 0 aliphatic carbocycles. The van der Waals surface area contributed by atoms with Gasteiger partial charge in [0.15, 0.2) is 0 Å². The molecule has 0 unspecified atom stereocenters. The summed E-state index contributed by atoms with van der Waals surface area (Å²) < 4.78 is 14.0. The van der Waals surface area contributed by atoms with Crippen LogP contribution in [-0.2, 0) is 0 Å². The minimum atomic E-state index is -0.260. The molecule has 0 aliphatic rings. The summed E-state index contributed by atoms with van der Waals surface area (Å²) in [4.78, 5) is 0. The van der Waals surface area contributed by atoms with E-state index in [0.717, 1.165) is 12.8 Å². The molecule has 1 aromatic rings. The van der Waals surface area contributed by atoms with Crippen LogP contribution in [0.3, 0.4) is 0 Å². The van der Waals surface area contributed by atoms with Crippen molar-refractivity contribution in [3.8, 4) is 0 Å². The molecule has 0 radical (unpaired) electrons. The molecule has 1 nitrogen and oxygen atoms in total. The lowest BCUT2D eigenvalue weighted by atomic mass is 10.0. The standard InChI is InChI=1S/C11H13BrFN/c1-2-3-7-10(14)8-5-4-6-9(12)11(8)13/h2,4-6,10H,1,3,7,14H2/t10-/m1/s1. The van der Waals surface area contributed by atoms with Crippen LogP contribution in [0.5, 0.6) is 0 Å². The monoisotopic (exact) mass is 257 g/mol. The van der Waals surface area contributed by atoms with E-state index in [4.69, 9.17) is 5.73 Å². The molecular weight excluding hydrogens is 245 g/mol. The lowest BCUT2D eigenvalue weighted by Gasteiger charge is -2.12. The van der Waals surface area contributed by atoms with Gasteiger partial charge in [-0.3, -0.25) is 0 Å². The Morgan fingerprint density at radius 3 is 2.93 bits per heavy atom. The minimum absolute atomic E-state index is 0.259. The van der Waals surface area contributed by atoms with E-state index in [0.29, 0.717) is 10.0 Å². The SMILES string of the molecule is C=CCC[C@@H](N)c1cccc(Br)c1F. The van der Waals surface area contributed by atoms with Gasteiger partial charge < -0.3 is 5.73 Å². The molecule has 0 bridgehead atoms. The van der Waals surface area contributed by atoms with Gasteiger partial charge in [-0.15, -0.1) is 6.58 Å². The van der Waals surface area contributed by atoms with Crippen LogP contribution in [0.15, 0.2) is 35.3 Å². The van der Waals surface area contributed by atoms with Crippen LogP contribution >= 0.6 is 15.9 Å². The Balaban J connectivity index is 2.83. The normalized spacial score (nSPS) is 12.5. The summed E-state index contributed by atoms with van der Waals surface area (Å²) >= 11 is 3.13. The largest absolute Gasteiger partial charge is 0.324 e. The van der Waals surface area contributed by atoms with E-state index in [9.17, 15) is 4.39 Å². The maximum absolute atomic E-state index is 13.5. The lowest BCUT2D eigenvalue weighted by Crippen LogP contribution is -2.11. The van der Waals surface area contributed by atoms with Gasteiger partial charge in [-0.2, -0.15) is 0 Å². The van der Waals surface area contributed by atoms with Crippen LogP contribution in [0.4, 0.5) is 4.39 Å². The highest BCUT2D eigenvalue weighted by Gasteiger charge is 2.12. The van der Waals surface area contributed by atoms with Crippen LogP contribution in [0.1, 0.15) is 24.4 Å². The third-order valence-corrected chi connectivity index (χ3v) is 2.68. The number of halogens is 2. The van der Waals surface area contributed by atoms with Crippen molar-refractivity contribution >= 4 is 15.9 Å². The Morgan fingerprint density at radius 1 is 1.57 bits per heavy atom. The number of benzene rings is 1. The third-order valence-electron chi connectivity index (χ3n) is 2.06. The van der Waals surface area contributed by atoms with Crippen LogP contribution in [0.2, 0.25) is 0 Å². The van der Waals surface area contributed by atoms with Crippen LogP contribution < -0.4 is 5.73 Å². The van der Waals surface area contributed by atoms with Crippen LogP contribution in [0, 0.1) is 5.82 Å². The molecule has 0 saturated heterocycles. The van der Waals surface area contributed by atoms with Gasteiger partial charge in [0.1, 0.15) is 5.82 Å². The van der Waals surface area contributed by atoms with Gasteiger partial charge in [0, 0.05) is 11.6 Å². The highest BCUT2D eigenvalue weighted by molar-refractivity contribution is 9.10. The van der Waals surface area contributed by atoms with Crippen molar-refractivity contribution in [2.75, 3.05) is 0 Å². The Labute approximate surface area is 91.9 Å². The van der Waals surface area contributed by atoms with Crippen molar-refractivity contribution in [2.45, 2.75) is 18.9 Å². The van der Waals surface area contributed by atoms with Crippen molar-refractivity contribution in [1.29, 1.82) is 0 Å². The zero-order valence-corrected chi connectivity index (χ0v) is 9.43. The van der Waals surface area contributed by atoms with E-state index in [1.165, 1.54) is 0 Å². The zero-order chi connectivity index (χ0) is 10.6. The van der Waals surface area contributed by atoms with Gasteiger partial charge in [0.2, 0.25) is 0 Å². The topological polar surface area (TPSA) is 26.0 Å². The Morgan fingerprint density at radius 2 is 2.29 bits per heavy atom. The number of nitrogens with two attached hydrogens (primary N) is 1. The molecule has 0 aromatic heterocycles. The molecule has 1 atom stereocenters. The highest BCUT2D eigenvalue weighted by atomic mass is 79.9. The molecule has 2 N–H and O–H groups in total. The van der Waals surface area contributed by atoms with Crippen molar-refractivity contribution in [3.05, 3.63) is 46.7 Å². The summed E-state index contributed by atoms with van der Waals surface area (Å²) in [6.07, 6.45) is 3.31. The van der Waals surface area contributed by atoms with Gasteiger partial charge in [0.05, 0.1) is 4.47 Å². The molecule has 0 aliphatic heterocycles. The van der Waals surface area contributed by atoms with E-state index >= 15 is 0 Å². The predicted octanol–water partition coefficient (Wildman–Crippen LogP) is 3.55.